The molecule has 2 amide bonds. The first-order chi connectivity index (χ1) is 12.0. The maximum atomic E-state index is 12.3. The van der Waals surface area contributed by atoms with E-state index in [0.717, 1.165) is 18.7 Å². The Bertz CT molecular complexity index is 841. The molecule has 9 nitrogen and oxygen atoms in total. The van der Waals surface area contributed by atoms with Gasteiger partial charge in [-0.05, 0) is 12.8 Å². The number of fused-ring (bicyclic) bond motifs is 1. The van der Waals surface area contributed by atoms with Gasteiger partial charge in [-0.25, -0.2) is 9.97 Å². The molecule has 2 N–H and O–H groups in total. The van der Waals surface area contributed by atoms with Crippen LogP contribution in [0.25, 0.3) is 5.95 Å². The summed E-state index contributed by atoms with van der Waals surface area (Å²) in [6.45, 7) is 0.321. The smallest absolute Gasteiger partial charge is 0.268 e. The van der Waals surface area contributed by atoms with Crippen LogP contribution in [-0.4, -0.2) is 51.0 Å². The molecule has 2 aromatic heterocycles. The molecule has 4 rings (SSSR count). The molecule has 1 fully saturated rings. The molecule has 2 aromatic rings. The highest BCUT2D eigenvalue weighted by atomic mass is 16.2. The Labute approximate surface area is 144 Å². The first-order valence-electron chi connectivity index (χ1n) is 8.29. The fraction of sp³-hybridized carbons (Fsp3) is 0.438. The number of aromatic nitrogens is 4. The summed E-state index contributed by atoms with van der Waals surface area (Å²) < 4.78 is 1.56. The molecule has 130 valence electrons. The van der Waals surface area contributed by atoms with Crippen molar-refractivity contribution >= 4 is 23.3 Å². The molecular formula is C16H19N7O2. The molecule has 1 aliphatic carbocycles. The summed E-state index contributed by atoms with van der Waals surface area (Å²) in [6.07, 6.45) is 9.06. The first-order valence-corrected chi connectivity index (χ1v) is 8.29. The van der Waals surface area contributed by atoms with Gasteiger partial charge in [0, 0.05) is 19.3 Å². The Hall–Kier alpha value is -2.97. The van der Waals surface area contributed by atoms with Crippen molar-refractivity contribution in [1.82, 2.24) is 19.5 Å². The van der Waals surface area contributed by atoms with Crippen LogP contribution in [0.5, 0.6) is 0 Å². The molecule has 3 heterocycles. The summed E-state index contributed by atoms with van der Waals surface area (Å²) >= 11 is 0. The van der Waals surface area contributed by atoms with Gasteiger partial charge < -0.3 is 15.5 Å². The molecule has 0 bridgehead atoms. The lowest BCUT2D eigenvalue weighted by atomic mass is 10.1. The zero-order chi connectivity index (χ0) is 17.6. The van der Waals surface area contributed by atoms with E-state index in [1.54, 1.807) is 22.7 Å². The van der Waals surface area contributed by atoms with Gasteiger partial charge >= 0.3 is 0 Å². The molecule has 2 aliphatic rings. The fourth-order valence-electron chi connectivity index (χ4n) is 3.47. The molecule has 25 heavy (non-hydrogen) atoms. The second-order valence-electron chi connectivity index (χ2n) is 6.43. The zero-order valence-corrected chi connectivity index (χ0v) is 13.9. The lowest BCUT2D eigenvalue weighted by Gasteiger charge is -2.37. The van der Waals surface area contributed by atoms with E-state index < -0.39 is 5.91 Å². The van der Waals surface area contributed by atoms with Crippen LogP contribution in [0.2, 0.25) is 0 Å². The van der Waals surface area contributed by atoms with Crippen LogP contribution in [0.1, 0.15) is 36.2 Å². The number of carbonyl (C=O) groups is 2. The lowest BCUT2D eigenvalue weighted by molar-refractivity contribution is -0.117. The SMILES string of the molecule is CN1C(=O)CN(C2CCCC2)c2nc(-n3cnc(C(N)=O)c3)ncc21. The quantitative estimate of drug-likeness (QED) is 0.870. The highest BCUT2D eigenvalue weighted by molar-refractivity contribution is 6.02. The molecule has 0 saturated heterocycles. The molecule has 0 unspecified atom stereocenters. The Kier molecular flexibility index (Phi) is 3.63. The first kappa shape index (κ1) is 15.6. The average Bonchev–Trinajstić information content (AvgIpc) is 3.29. The molecule has 0 aromatic carbocycles. The number of anilines is 2. The van der Waals surface area contributed by atoms with Crippen LogP contribution in [0.15, 0.2) is 18.7 Å². The minimum Gasteiger partial charge on any atom is -0.364 e. The number of primary amides is 1. The number of hydrogen-bond donors (Lipinski definition) is 1. The van der Waals surface area contributed by atoms with Crippen molar-refractivity contribution in [3.8, 4) is 5.95 Å². The van der Waals surface area contributed by atoms with Gasteiger partial charge in [0.15, 0.2) is 5.82 Å². The van der Waals surface area contributed by atoms with Gasteiger partial charge in [-0.1, -0.05) is 12.8 Å². The number of nitrogens with two attached hydrogens (primary N) is 1. The maximum absolute atomic E-state index is 12.3. The van der Waals surface area contributed by atoms with Crippen LogP contribution in [-0.2, 0) is 4.79 Å². The number of hydrogen-bond acceptors (Lipinski definition) is 6. The zero-order valence-electron chi connectivity index (χ0n) is 13.9. The topological polar surface area (TPSA) is 110 Å². The van der Waals surface area contributed by atoms with E-state index in [1.807, 2.05) is 0 Å². The summed E-state index contributed by atoms with van der Waals surface area (Å²) in [7, 11) is 1.73. The third kappa shape index (κ3) is 2.61. The third-order valence-electron chi connectivity index (χ3n) is 4.88. The van der Waals surface area contributed by atoms with E-state index in [0.29, 0.717) is 24.2 Å². The number of carbonyl (C=O) groups excluding carboxylic acids is 2. The van der Waals surface area contributed by atoms with E-state index >= 15 is 0 Å². The van der Waals surface area contributed by atoms with Crippen molar-refractivity contribution in [2.45, 2.75) is 31.7 Å². The molecule has 1 saturated carbocycles. The number of amides is 2. The third-order valence-corrected chi connectivity index (χ3v) is 4.88. The van der Waals surface area contributed by atoms with Gasteiger partial charge in [0.25, 0.3) is 5.91 Å². The van der Waals surface area contributed by atoms with Crippen LogP contribution in [0.4, 0.5) is 11.5 Å². The summed E-state index contributed by atoms with van der Waals surface area (Å²) in [5, 5.41) is 0. The normalized spacial score (nSPS) is 17.9. The maximum Gasteiger partial charge on any atom is 0.268 e. The second-order valence-corrected chi connectivity index (χ2v) is 6.43. The Balaban J connectivity index is 1.76. The average molecular weight is 341 g/mol. The predicted molar refractivity (Wildman–Crippen MR) is 90.7 cm³/mol. The predicted octanol–water partition coefficient (Wildman–Crippen LogP) is 0.487. The molecule has 9 heteroatoms. The standard InChI is InChI=1S/C16H19N7O2/c1-21-12-6-18-16(22-7-11(14(17)25)19-9-22)20-15(12)23(8-13(21)24)10-4-2-3-5-10/h6-7,9-10H,2-5,8H2,1H3,(H2,17,25). The highest BCUT2D eigenvalue weighted by Gasteiger charge is 2.34. The van der Waals surface area contributed by atoms with E-state index in [1.165, 1.54) is 25.4 Å². The van der Waals surface area contributed by atoms with Gasteiger partial charge in [0.2, 0.25) is 11.9 Å². The summed E-state index contributed by atoms with van der Waals surface area (Å²) in [6, 6.07) is 0.322. The van der Waals surface area contributed by atoms with Crippen LogP contribution in [0, 0.1) is 0 Å². The number of likely N-dealkylation sites (N-methyl/N-ethyl adjacent to an activating group) is 1. The van der Waals surface area contributed by atoms with Crippen molar-refractivity contribution in [2.24, 2.45) is 5.73 Å². The molecule has 0 radical (unpaired) electrons. The minimum atomic E-state index is -0.602. The summed E-state index contributed by atoms with van der Waals surface area (Å²) in [5.74, 6) is 0.571. The summed E-state index contributed by atoms with van der Waals surface area (Å²) in [4.78, 5) is 40.2. The minimum absolute atomic E-state index is 0.0365. The van der Waals surface area contributed by atoms with E-state index in [9.17, 15) is 9.59 Å². The van der Waals surface area contributed by atoms with Gasteiger partial charge in [-0.15, -0.1) is 0 Å². The van der Waals surface area contributed by atoms with E-state index in [2.05, 4.69) is 19.9 Å². The summed E-state index contributed by atoms with van der Waals surface area (Å²) in [5.41, 5.74) is 6.10. The molecule has 0 atom stereocenters. The van der Waals surface area contributed by atoms with Crippen molar-refractivity contribution < 1.29 is 9.59 Å². The molecular weight excluding hydrogens is 322 g/mol. The largest absolute Gasteiger partial charge is 0.364 e. The van der Waals surface area contributed by atoms with Crippen molar-refractivity contribution in [1.29, 1.82) is 0 Å². The number of imidazole rings is 1. The van der Waals surface area contributed by atoms with Gasteiger partial charge in [-0.3, -0.25) is 14.2 Å². The fourth-order valence-corrected chi connectivity index (χ4v) is 3.47. The van der Waals surface area contributed by atoms with Crippen molar-refractivity contribution in [2.75, 3.05) is 23.4 Å². The van der Waals surface area contributed by atoms with Gasteiger partial charge in [0.1, 0.15) is 17.7 Å². The van der Waals surface area contributed by atoms with Crippen molar-refractivity contribution in [3.63, 3.8) is 0 Å². The van der Waals surface area contributed by atoms with Gasteiger partial charge in [-0.2, -0.15) is 4.98 Å². The molecule has 0 spiro atoms. The highest BCUT2D eigenvalue weighted by Crippen LogP contribution is 2.36. The van der Waals surface area contributed by atoms with Crippen molar-refractivity contribution in [3.05, 3.63) is 24.4 Å². The lowest BCUT2D eigenvalue weighted by Crippen LogP contribution is -2.48. The number of rotatable bonds is 3. The second kappa shape index (κ2) is 5.83. The van der Waals surface area contributed by atoms with E-state index in [4.69, 9.17) is 5.73 Å². The Morgan fingerprint density at radius 2 is 2.04 bits per heavy atom. The molecule has 1 aliphatic heterocycles. The van der Waals surface area contributed by atoms with Gasteiger partial charge in [0.05, 0.1) is 12.7 Å². The Morgan fingerprint density at radius 3 is 2.72 bits per heavy atom. The number of nitrogens with zero attached hydrogens (tertiary/aromatic N) is 6. The van der Waals surface area contributed by atoms with Crippen LogP contribution < -0.4 is 15.5 Å². The van der Waals surface area contributed by atoms with Crippen LogP contribution >= 0.6 is 0 Å². The van der Waals surface area contributed by atoms with E-state index in [-0.39, 0.29) is 11.6 Å². The monoisotopic (exact) mass is 341 g/mol. The Morgan fingerprint density at radius 1 is 1.28 bits per heavy atom. The van der Waals surface area contributed by atoms with Crippen LogP contribution in [0.3, 0.4) is 0 Å².